The summed E-state index contributed by atoms with van der Waals surface area (Å²) in [7, 11) is 1.57. The molecule has 0 aromatic carbocycles. The predicted octanol–water partition coefficient (Wildman–Crippen LogP) is 0.726. The van der Waals surface area contributed by atoms with Crippen LogP contribution >= 0.6 is 0 Å². The highest BCUT2D eigenvalue weighted by Crippen LogP contribution is 2.25. The third-order valence-corrected chi connectivity index (χ3v) is 5.16. The molecule has 2 atom stereocenters. The van der Waals surface area contributed by atoms with Crippen molar-refractivity contribution in [3.05, 3.63) is 23.2 Å². The lowest BCUT2D eigenvalue weighted by molar-refractivity contribution is -0.124. The zero-order valence-electron chi connectivity index (χ0n) is 15.1. The van der Waals surface area contributed by atoms with Crippen molar-refractivity contribution in [2.45, 2.75) is 51.2 Å². The van der Waals surface area contributed by atoms with Crippen molar-refractivity contribution in [3.8, 4) is 0 Å². The Balaban J connectivity index is 1.79. The maximum Gasteiger partial charge on any atom is 0.290 e. The van der Waals surface area contributed by atoms with Gasteiger partial charge in [-0.25, -0.2) is 0 Å². The highest BCUT2D eigenvalue weighted by molar-refractivity contribution is 5.96. The van der Waals surface area contributed by atoms with E-state index in [0.717, 1.165) is 37.4 Å². The number of amides is 2. The van der Waals surface area contributed by atoms with Crippen LogP contribution < -0.4 is 11.1 Å². The van der Waals surface area contributed by atoms with E-state index in [2.05, 4.69) is 10.2 Å². The summed E-state index contributed by atoms with van der Waals surface area (Å²) in [4.78, 5) is 28.9. The molecule has 3 rings (SSSR count). The molecule has 0 aliphatic carbocycles. The number of aryl methyl sites for hydroxylation is 1. The average Bonchev–Trinajstić information content (AvgIpc) is 3.33. The maximum atomic E-state index is 12.9. The van der Waals surface area contributed by atoms with Crippen LogP contribution in [-0.2, 0) is 17.8 Å². The van der Waals surface area contributed by atoms with Crippen LogP contribution in [0.15, 0.2) is 10.5 Å². The smallest absolute Gasteiger partial charge is 0.290 e. The van der Waals surface area contributed by atoms with E-state index in [1.165, 1.54) is 12.8 Å². The summed E-state index contributed by atoms with van der Waals surface area (Å²) < 4.78 is 5.86. The second-order valence-electron chi connectivity index (χ2n) is 6.98. The summed E-state index contributed by atoms with van der Waals surface area (Å²) in [5, 5.41) is 2.61. The van der Waals surface area contributed by atoms with Gasteiger partial charge in [-0.1, -0.05) is 6.92 Å². The molecule has 2 aliphatic heterocycles. The molecule has 138 valence electrons. The molecule has 7 nitrogen and oxygen atoms in total. The molecule has 0 radical (unpaired) electrons. The van der Waals surface area contributed by atoms with Crippen LogP contribution in [0.3, 0.4) is 0 Å². The van der Waals surface area contributed by atoms with E-state index in [0.29, 0.717) is 18.7 Å². The van der Waals surface area contributed by atoms with Gasteiger partial charge < -0.3 is 20.4 Å². The summed E-state index contributed by atoms with van der Waals surface area (Å²) >= 11 is 0. The fourth-order valence-electron chi connectivity index (χ4n) is 3.84. The minimum atomic E-state index is -0.523. The average molecular weight is 348 g/mol. The molecular formula is C18H28N4O3. The van der Waals surface area contributed by atoms with Crippen LogP contribution in [0.2, 0.25) is 0 Å². The molecule has 0 unspecified atom stereocenters. The Hall–Kier alpha value is -1.86. The number of hydrogen-bond acceptors (Lipinski definition) is 5. The number of likely N-dealkylation sites (N-methyl/N-ethyl adjacent to an activating group) is 1. The minimum Gasteiger partial charge on any atom is -0.456 e. The molecule has 3 N–H and O–H groups in total. The van der Waals surface area contributed by atoms with Crippen molar-refractivity contribution in [2.24, 2.45) is 5.73 Å². The van der Waals surface area contributed by atoms with Crippen LogP contribution in [0.4, 0.5) is 0 Å². The fraction of sp³-hybridized carbons (Fsp3) is 0.667. The Kier molecular flexibility index (Phi) is 5.44. The van der Waals surface area contributed by atoms with Gasteiger partial charge in [0.25, 0.3) is 5.91 Å². The normalized spacial score (nSPS) is 24.0. The lowest BCUT2D eigenvalue weighted by Gasteiger charge is -2.22. The number of furan rings is 1. The van der Waals surface area contributed by atoms with E-state index in [1.54, 1.807) is 11.9 Å². The SMILES string of the molecule is CCc1oc(C(=O)N2C[C@H](N)C[C@H]2C(=O)NC)cc1CN1CCCC1. The van der Waals surface area contributed by atoms with Crippen LogP contribution in [0.5, 0.6) is 0 Å². The molecule has 2 saturated heterocycles. The number of nitrogens with zero attached hydrogens (tertiary/aromatic N) is 2. The molecule has 1 aromatic heterocycles. The third-order valence-electron chi connectivity index (χ3n) is 5.16. The Labute approximate surface area is 148 Å². The molecule has 2 fully saturated rings. The second kappa shape index (κ2) is 7.58. The van der Waals surface area contributed by atoms with E-state index in [1.807, 2.05) is 13.0 Å². The number of nitrogens with one attached hydrogen (secondary N) is 1. The van der Waals surface area contributed by atoms with E-state index >= 15 is 0 Å². The molecule has 0 bridgehead atoms. The zero-order chi connectivity index (χ0) is 18.0. The number of nitrogens with two attached hydrogens (primary N) is 1. The fourth-order valence-corrected chi connectivity index (χ4v) is 3.84. The van der Waals surface area contributed by atoms with E-state index in [4.69, 9.17) is 10.2 Å². The zero-order valence-corrected chi connectivity index (χ0v) is 15.1. The van der Waals surface area contributed by atoms with Crippen molar-refractivity contribution in [3.63, 3.8) is 0 Å². The molecule has 0 saturated carbocycles. The van der Waals surface area contributed by atoms with E-state index < -0.39 is 6.04 Å². The van der Waals surface area contributed by atoms with Crippen molar-refractivity contribution in [2.75, 3.05) is 26.7 Å². The topological polar surface area (TPSA) is 91.8 Å². The minimum absolute atomic E-state index is 0.180. The Morgan fingerprint density at radius 2 is 2.08 bits per heavy atom. The maximum absolute atomic E-state index is 12.9. The Morgan fingerprint density at radius 3 is 2.72 bits per heavy atom. The molecule has 2 aliphatic rings. The molecule has 2 amide bonds. The quantitative estimate of drug-likeness (QED) is 0.818. The van der Waals surface area contributed by atoms with E-state index in [-0.39, 0.29) is 17.9 Å². The summed E-state index contributed by atoms with van der Waals surface area (Å²) in [5.41, 5.74) is 7.06. The molecule has 3 heterocycles. The second-order valence-corrected chi connectivity index (χ2v) is 6.98. The van der Waals surface area contributed by atoms with Crippen molar-refractivity contribution >= 4 is 11.8 Å². The van der Waals surface area contributed by atoms with Crippen LogP contribution in [0, 0.1) is 0 Å². The van der Waals surface area contributed by atoms with E-state index in [9.17, 15) is 9.59 Å². The first-order valence-corrected chi connectivity index (χ1v) is 9.15. The van der Waals surface area contributed by atoms with Gasteiger partial charge in [0.2, 0.25) is 5.91 Å². The van der Waals surface area contributed by atoms with Gasteiger partial charge in [-0.2, -0.15) is 0 Å². The van der Waals surface area contributed by atoms with Crippen LogP contribution in [-0.4, -0.2) is 60.4 Å². The summed E-state index contributed by atoms with van der Waals surface area (Å²) in [6, 6.07) is 1.14. The van der Waals surface area contributed by atoms with Crippen LogP contribution in [0.25, 0.3) is 0 Å². The summed E-state index contributed by atoms with van der Waals surface area (Å²) in [5.74, 6) is 0.745. The summed E-state index contributed by atoms with van der Waals surface area (Å²) in [6.07, 6.45) is 3.68. The number of hydrogen-bond donors (Lipinski definition) is 2. The number of rotatable bonds is 5. The van der Waals surface area contributed by atoms with Gasteiger partial charge >= 0.3 is 0 Å². The monoisotopic (exact) mass is 348 g/mol. The highest BCUT2D eigenvalue weighted by Gasteiger charge is 2.39. The Bertz CT molecular complexity index is 636. The molecule has 25 heavy (non-hydrogen) atoms. The highest BCUT2D eigenvalue weighted by atomic mass is 16.4. The standard InChI is InChI=1S/C18H28N4O3/c1-3-15-12(10-21-6-4-5-7-21)8-16(25-15)18(24)22-11-13(19)9-14(22)17(23)20-2/h8,13-14H,3-7,9-11,19H2,1-2H3,(H,20,23)/t13-,14+/m1/s1. The van der Waals surface area contributed by atoms with Crippen LogP contribution in [0.1, 0.15) is 48.1 Å². The Morgan fingerprint density at radius 1 is 1.36 bits per heavy atom. The largest absolute Gasteiger partial charge is 0.456 e. The van der Waals surface area contributed by atoms with Crippen molar-refractivity contribution < 1.29 is 14.0 Å². The van der Waals surface area contributed by atoms with Gasteiger partial charge in [-0.15, -0.1) is 0 Å². The molecular weight excluding hydrogens is 320 g/mol. The van der Waals surface area contributed by atoms with Gasteiger partial charge in [-0.05, 0) is 38.4 Å². The van der Waals surface area contributed by atoms with Gasteiger partial charge in [0.15, 0.2) is 5.76 Å². The van der Waals surface area contributed by atoms with Crippen molar-refractivity contribution in [1.29, 1.82) is 0 Å². The molecule has 1 aromatic rings. The lowest BCUT2D eigenvalue weighted by Crippen LogP contribution is -2.44. The third kappa shape index (κ3) is 3.72. The number of likely N-dealkylation sites (tertiary alicyclic amines) is 2. The predicted molar refractivity (Wildman–Crippen MR) is 94.1 cm³/mol. The lowest BCUT2D eigenvalue weighted by atomic mass is 10.1. The van der Waals surface area contributed by atoms with Gasteiger partial charge in [0, 0.05) is 38.2 Å². The van der Waals surface area contributed by atoms with Crippen molar-refractivity contribution in [1.82, 2.24) is 15.1 Å². The number of carbonyl (C=O) groups excluding carboxylic acids is 2. The summed E-state index contributed by atoms with van der Waals surface area (Å²) in [6.45, 7) is 5.41. The van der Waals surface area contributed by atoms with Gasteiger partial charge in [-0.3, -0.25) is 14.5 Å². The molecule has 0 spiro atoms. The first-order chi connectivity index (χ1) is 12.0. The van der Waals surface area contributed by atoms with Gasteiger partial charge in [0.1, 0.15) is 11.8 Å². The first-order valence-electron chi connectivity index (χ1n) is 9.15. The number of carbonyl (C=O) groups is 2. The first kappa shape index (κ1) is 17.9. The molecule has 7 heteroatoms. The van der Waals surface area contributed by atoms with Gasteiger partial charge in [0.05, 0.1) is 0 Å².